The fraction of sp³-hybridized carbons (Fsp3) is 0.417. The van der Waals surface area contributed by atoms with Gasteiger partial charge in [-0.2, -0.15) is 0 Å². The summed E-state index contributed by atoms with van der Waals surface area (Å²) in [5, 5.41) is 12.8. The van der Waals surface area contributed by atoms with Crippen LogP contribution >= 0.6 is 15.9 Å². The van der Waals surface area contributed by atoms with Gasteiger partial charge >= 0.3 is 5.97 Å². The number of carbonyl (C=O) groups excluding carboxylic acids is 1. The molecule has 1 aromatic rings. The third kappa shape index (κ3) is 5.19. The van der Waals surface area contributed by atoms with E-state index in [1.165, 1.54) is 7.11 Å². The van der Waals surface area contributed by atoms with Crippen LogP contribution in [0.4, 0.5) is 5.69 Å². The minimum absolute atomic E-state index is 0.231. The minimum Gasteiger partial charge on any atom is -0.469 e. The molecule has 0 aliphatic carbocycles. The van der Waals surface area contributed by atoms with E-state index in [-0.39, 0.29) is 12.4 Å². The van der Waals surface area contributed by atoms with Crippen molar-refractivity contribution in [3.63, 3.8) is 0 Å². The highest BCUT2D eigenvalue weighted by Crippen LogP contribution is 2.21. The van der Waals surface area contributed by atoms with E-state index in [1.807, 2.05) is 24.3 Å². The Hall–Kier alpha value is -1.07. The second-order valence-electron chi connectivity index (χ2n) is 3.63. The molecular weight excluding hydrogens is 286 g/mol. The summed E-state index contributed by atoms with van der Waals surface area (Å²) in [6.45, 7) is 0.402. The number of hydrogen-bond donors (Lipinski definition) is 2. The van der Waals surface area contributed by atoms with Crippen LogP contribution in [-0.2, 0) is 9.53 Å². The molecule has 1 atom stereocenters. The molecule has 0 aromatic heterocycles. The van der Waals surface area contributed by atoms with Gasteiger partial charge in [-0.05, 0) is 34.5 Å². The zero-order chi connectivity index (χ0) is 12.7. The number of ether oxygens (including phenoxy) is 1. The van der Waals surface area contributed by atoms with Crippen LogP contribution in [-0.4, -0.2) is 30.8 Å². The summed E-state index contributed by atoms with van der Waals surface area (Å²) in [6.07, 6.45) is 0.0561. The van der Waals surface area contributed by atoms with Gasteiger partial charge in [0.2, 0.25) is 0 Å². The van der Waals surface area contributed by atoms with Gasteiger partial charge in [0.25, 0.3) is 0 Å². The Bertz CT molecular complexity index is 371. The van der Waals surface area contributed by atoms with E-state index in [0.717, 1.165) is 10.2 Å². The van der Waals surface area contributed by atoms with Gasteiger partial charge in [-0.15, -0.1) is 0 Å². The van der Waals surface area contributed by atoms with Gasteiger partial charge in [-0.1, -0.05) is 12.1 Å². The third-order valence-electron chi connectivity index (χ3n) is 2.31. The van der Waals surface area contributed by atoms with Crippen molar-refractivity contribution < 1.29 is 14.6 Å². The maximum atomic E-state index is 10.9. The summed E-state index contributed by atoms with van der Waals surface area (Å²) in [5.41, 5.74) is 0.921. The number of esters is 1. The lowest BCUT2D eigenvalue weighted by Crippen LogP contribution is -2.20. The SMILES string of the molecule is COC(=O)CCC(O)CNc1ccccc1Br. The second-order valence-corrected chi connectivity index (χ2v) is 4.48. The van der Waals surface area contributed by atoms with Crippen molar-refractivity contribution >= 4 is 27.6 Å². The molecule has 0 saturated carbocycles. The monoisotopic (exact) mass is 301 g/mol. The number of carbonyl (C=O) groups is 1. The summed E-state index contributed by atoms with van der Waals surface area (Å²) < 4.78 is 5.45. The number of benzene rings is 1. The van der Waals surface area contributed by atoms with Gasteiger partial charge in [0.05, 0.1) is 13.2 Å². The van der Waals surface area contributed by atoms with E-state index < -0.39 is 6.10 Å². The lowest BCUT2D eigenvalue weighted by molar-refractivity contribution is -0.141. The molecule has 0 bridgehead atoms. The number of nitrogens with one attached hydrogen (secondary N) is 1. The molecule has 94 valence electrons. The molecule has 0 saturated heterocycles. The number of hydrogen-bond acceptors (Lipinski definition) is 4. The fourth-order valence-electron chi connectivity index (χ4n) is 1.32. The van der Waals surface area contributed by atoms with E-state index in [9.17, 15) is 9.90 Å². The number of para-hydroxylation sites is 1. The first-order chi connectivity index (χ1) is 8.13. The molecule has 17 heavy (non-hydrogen) atoms. The summed E-state index contributed by atoms with van der Waals surface area (Å²) in [7, 11) is 1.34. The summed E-state index contributed by atoms with van der Waals surface area (Å²) >= 11 is 3.40. The van der Waals surface area contributed by atoms with Crippen LogP contribution in [0.3, 0.4) is 0 Å². The van der Waals surface area contributed by atoms with Gasteiger partial charge in [-0.3, -0.25) is 4.79 Å². The third-order valence-corrected chi connectivity index (χ3v) is 3.00. The van der Waals surface area contributed by atoms with Crippen molar-refractivity contribution in [3.8, 4) is 0 Å². The molecule has 0 amide bonds. The largest absolute Gasteiger partial charge is 0.469 e. The first kappa shape index (κ1) is 14.0. The van der Waals surface area contributed by atoms with Gasteiger partial charge in [0.1, 0.15) is 0 Å². The Labute approximate surface area is 109 Å². The first-order valence-electron chi connectivity index (χ1n) is 5.36. The lowest BCUT2D eigenvalue weighted by Gasteiger charge is -2.13. The summed E-state index contributed by atoms with van der Waals surface area (Å²) in [6, 6.07) is 7.66. The zero-order valence-electron chi connectivity index (χ0n) is 9.65. The molecule has 1 unspecified atom stereocenters. The van der Waals surface area contributed by atoms with Crippen molar-refractivity contribution in [2.75, 3.05) is 19.0 Å². The Morgan fingerprint density at radius 2 is 2.24 bits per heavy atom. The second kappa shape index (κ2) is 7.29. The highest BCUT2D eigenvalue weighted by Gasteiger charge is 2.08. The van der Waals surface area contributed by atoms with Crippen LogP contribution in [0, 0.1) is 0 Å². The standard InChI is InChI=1S/C12H16BrNO3/c1-17-12(16)7-6-9(15)8-14-11-5-3-2-4-10(11)13/h2-5,9,14-15H,6-8H2,1H3. The number of rotatable bonds is 6. The van der Waals surface area contributed by atoms with Crippen LogP contribution in [0.1, 0.15) is 12.8 Å². The highest BCUT2D eigenvalue weighted by atomic mass is 79.9. The fourth-order valence-corrected chi connectivity index (χ4v) is 1.75. The van der Waals surface area contributed by atoms with Gasteiger partial charge in [0, 0.05) is 23.1 Å². The molecule has 0 fully saturated rings. The van der Waals surface area contributed by atoms with E-state index in [2.05, 4.69) is 26.0 Å². The average molecular weight is 302 g/mol. The molecular formula is C12H16BrNO3. The Balaban J connectivity index is 2.31. The van der Waals surface area contributed by atoms with Gasteiger partial charge in [-0.25, -0.2) is 0 Å². The molecule has 0 heterocycles. The molecule has 0 radical (unpaired) electrons. The Kier molecular flexibility index (Phi) is 6.00. The highest BCUT2D eigenvalue weighted by molar-refractivity contribution is 9.10. The summed E-state index contributed by atoms with van der Waals surface area (Å²) in [4.78, 5) is 10.9. The molecule has 0 spiro atoms. The quantitative estimate of drug-likeness (QED) is 0.791. The Morgan fingerprint density at radius 1 is 1.53 bits per heavy atom. The average Bonchev–Trinajstić information content (AvgIpc) is 2.35. The van der Waals surface area contributed by atoms with Crippen molar-refractivity contribution in [3.05, 3.63) is 28.7 Å². The maximum absolute atomic E-state index is 10.9. The number of methoxy groups -OCH3 is 1. The smallest absolute Gasteiger partial charge is 0.305 e. The molecule has 0 aliphatic heterocycles. The number of halogens is 1. The number of anilines is 1. The van der Waals surface area contributed by atoms with Crippen molar-refractivity contribution in [1.29, 1.82) is 0 Å². The van der Waals surface area contributed by atoms with E-state index >= 15 is 0 Å². The van der Waals surface area contributed by atoms with Crippen molar-refractivity contribution in [2.45, 2.75) is 18.9 Å². The van der Waals surface area contributed by atoms with E-state index in [1.54, 1.807) is 0 Å². The topological polar surface area (TPSA) is 58.6 Å². The van der Waals surface area contributed by atoms with Crippen LogP contribution in [0.15, 0.2) is 28.7 Å². The van der Waals surface area contributed by atoms with Gasteiger partial charge < -0.3 is 15.2 Å². The van der Waals surface area contributed by atoms with Crippen molar-refractivity contribution in [1.82, 2.24) is 0 Å². The van der Waals surface area contributed by atoms with Gasteiger partial charge in [0.15, 0.2) is 0 Å². The van der Waals surface area contributed by atoms with Crippen LogP contribution in [0.5, 0.6) is 0 Å². The number of aliphatic hydroxyl groups is 1. The summed E-state index contributed by atoms with van der Waals surface area (Å²) in [5.74, 6) is -0.301. The Morgan fingerprint density at radius 3 is 2.88 bits per heavy atom. The predicted molar refractivity (Wildman–Crippen MR) is 69.9 cm³/mol. The first-order valence-corrected chi connectivity index (χ1v) is 6.16. The molecule has 1 rings (SSSR count). The van der Waals surface area contributed by atoms with Crippen LogP contribution in [0.25, 0.3) is 0 Å². The van der Waals surface area contributed by atoms with Crippen molar-refractivity contribution in [2.24, 2.45) is 0 Å². The van der Waals surface area contributed by atoms with E-state index in [4.69, 9.17) is 0 Å². The molecule has 1 aromatic carbocycles. The normalized spacial score (nSPS) is 11.9. The zero-order valence-corrected chi connectivity index (χ0v) is 11.2. The van der Waals surface area contributed by atoms with Crippen LogP contribution < -0.4 is 5.32 Å². The minimum atomic E-state index is -0.568. The number of aliphatic hydroxyl groups excluding tert-OH is 1. The van der Waals surface area contributed by atoms with Crippen LogP contribution in [0.2, 0.25) is 0 Å². The molecule has 5 heteroatoms. The molecule has 2 N–H and O–H groups in total. The lowest BCUT2D eigenvalue weighted by atomic mass is 10.2. The molecule has 4 nitrogen and oxygen atoms in total. The molecule has 0 aliphatic rings. The maximum Gasteiger partial charge on any atom is 0.305 e. The van der Waals surface area contributed by atoms with E-state index in [0.29, 0.717) is 13.0 Å². The predicted octanol–water partition coefficient (Wildman–Crippen LogP) is 2.18.